The average molecular weight is 270 g/mol. The summed E-state index contributed by atoms with van der Waals surface area (Å²) in [6.07, 6.45) is -4.63. The second-order valence-corrected chi connectivity index (χ2v) is 2.91. The minimum atomic E-state index is -1.64. The normalized spacial score (nSPS) is 13.7. The molecule has 0 amide bonds. The summed E-state index contributed by atoms with van der Waals surface area (Å²) in [4.78, 5) is 27.8. The van der Waals surface area contributed by atoms with Gasteiger partial charge in [0.2, 0.25) is 0 Å². The lowest BCUT2D eigenvalue weighted by atomic mass is 10.1. The number of aliphatic hydroxyl groups is 4. The van der Waals surface area contributed by atoms with Crippen LogP contribution in [0.25, 0.3) is 0 Å². The second-order valence-electron chi connectivity index (χ2n) is 2.91. The van der Waals surface area contributed by atoms with Crippen molar-refractivity contribution < 1.29 is 45.0 Å². The standard InChI is InChI=1S/C5H10O5.2C2H4O2/c6-1-3(8)5(10)4(9)2-7;2*1-2(3)4/h1,3-5,7-10H,2H2;2*1H3,(H,3,4)/t3-,4+,5+;;/m0../s1. The summed E-state index contributed by atoms with van der Waals surface area (Å²) in [5.41, 5.74) is 0. The first-order chi connectivity index (χ1) is 8.09. The molecule has 0 saturated heterocycles. The molecular weight excluding hydrogens is 252 g/mol. The maximum atomic E-state index is 9.76. The van der Waals surface area contributed by atoms with Crippen LogP contribution < -0.4 is 0 Å². The lowest BCUT2D eigenvalue weighted by Crippen LogP contribution is -2.40. The van der Waals surface area contributed by atoms with Crippen LogP contribution in [0.5, 0.6) is 0 Å². The molecule has 0 bridgehead atoms. The van der Waals surface area contributed by atoms with Crippen molar-refractivity contribution in [3.8, 4) is 0 Å². The Kier molecular flexibility index (Phi) is 16.3. The molecule has 3 atom stereocenters. The van der Waals surface area contributed by atoms with Crippen molar-refractivity contribution in [3.63, 3.8) is 0 Å². The molecule has 0 aliphatic heterocycles. The van der Waals surface area contributed by atoms with Crippen LogP contribution in [-0.4, -0.2) is 73.8 Å². The molecule has 0 aromatic heterocycles. The van der Waals surface area contributed by atoms with Gasteiger partial charge in [-0.2, -0.15) is 0 Å². The Morgan fingerprint density at radius 3 is 1.50 bits per heavy atom. The van der Waals surface area contributed by atoms with Crippen LogP contribution in [0.1, 0.15) is 13.8 Å². The summed E-state index contributed by atoms with van der Waals surface area (Å²) in [5.74, 6) is -1.67. The van der Waals surface area contributed by atoms with Gasteiger partial charge in [-0.1, -0.05) is 0 Å². The molecule has 9 nitrogen and oxygen atoms in total. The van der Waals surface area contributed by atoms with Crippen LogP contribution in [-0.2, 0) is 14.4 Å². The third kappa shape index (κ3) is 23.9. The van der Waals surface area contributed by atoms with E-state index in [4.69, 9.17) is 40.2 Å². The van der Waals surface area contributed by atoms with Crippen LogP contribution in [0.4, 0.5) is 0 Å². The SMILES string of the molecule is CC(=O)O.CC(=O)O.O=C[C@H](O)[C@@H](O)[C@H](O)CO. The van der Waals surface area contributed by atoms with Gasteiger partial charge < -0.3 is 35.4 Å². The first-order valence-corrected chi connectivity index (χ1v) is 4.59. The fraction of sp³-hybridized carbons (Fsp3) is 0.667. The molecule has 0 aromatic rings. The summed E-state index contributed by atoms with van der Waals surface area (Å²) in [7, 11) is 0. The number of hydrogen-bond donors (Lipinski definition) is 6. The van der Waals surface area contributed by atoms with Gasteiger partial charge >= 0.3 is 0 Å². The van der Waals surface area contributed by atoms with Gasteiger partial charge in [-0.3, -0.25) is 9.59 Å². The first-order valence-electron chi connectivity index (χ1n) is 4.59. The van der Waals surface area contributed by atoms with Gasteiger partial charge in [0.1, 0.15) is 18.3 Å². The molecule has 0 spiro atoms. The van der Waals surface area contributed by atoms with Crippen LogP contribution in [0.2, 0.25) is 0 Å². The summed E-state index contributed by atoms with van der Waals surface area (Å²) in [5, 5.41) is 48.9. The van der Waals surface area contributed by atoms with Gasteiger partial charge in [-0.25, -0.2) is 0 Å². The van der Waals surface area contributed by atoms with Crippen molar-refractivity contribution >= 4 is 18.2 Å². The van der Waals surface area contributed by atoms with E-state index in [0.717, 1.165) is 13.8 Å². The maximum absolute atomic E-state index is 9.76. The number of carbonyl (C=O) groups is 3. The van der Waals surface area contributed by atoms with Crippen molar-refractivity contribution in [2.24, 2.45) is 0 Å². The minimum Gasteiger partial charge on any atom is -0.481 e. The van der Waals surface area contributed by atoms with Crippen molar-refractivity contribution in [1.82, 2.24) is 0 Å². The zero-order chi connectivity index (χ0) is 15.3. The van der Waals surface area contributed by atoms with Gasteiger partial charge in [0, 0.05) is 13.8 Å². The van der Waals surface area contributed by atoms with Crippen LogP contribution in [0.3, 0.4) is 0 Å². The van der Waals surface area contributed by atoms with Crippen LogP contribution >= 0.6 is 0 Å². The fourth-order valence-corrected chi connectivity index (χ4v) is 0.416. The monoisotopic (exact) mass is 270 g/mol. The molecule has 6 N–H and O–H groups in total. The van der Waals surface area contributed by atoms with Gasteiger partial charge in [0.25, 0.3) is 11.9 Å². The number of carboxylic acid groups (broad SMARTS) is 2. The summed E-state index contributed by atoms with van der Waals surface area (Å²) < 4.78 is 0. The smallest absolute Gasteiger partial charge is 0.300 e. The molecule has 0 aliphatic carbocycles. The molecule has 0 unspecified atom stereocenters. The topological polar surface area (TPSA) is 173 Å². The zero-order valence-electron chi connectivity index (χ0n) is 9.92. The second kappa shape index (κ2) is 13.5. The van der Waals surface area contributed by atoms with E-state index in [9.17, 15) is 4.79 Å². The molecule has 0 fully saturated rings. The van der Waals surface area contributed by atoms with Crippen LogP contribution in [0, 0.1) is 0 Å². The number of rotatable bonds is 4. The Bertz CT molecular complexity index is 220. The van der Waals surface area contributed by atoms with Gasteiger partial charge in [-0.15, -0.1) is 0 Å². The first kappa shape index (κ1) is 21.7. The largest absolute Gasteiger partial charge is 0.481 e. The summed E-state index contributed by atoms with van der Waals surface area (Å²) in [6, 6.07) is 0. The number of aldehydes is 1. The third-order valence-electron chi connectivity index (χ3n) is 1.07. The lowest BCUT2D eigenvalue weighted by Gasteiger charge is -2.16. The number of carboxylic acids is 2. The molecule has 0 aliphatic rings. The Morgan fingerprint density at radius 2 is 1.33 bits per heavy atom. The zero-order valence-corrected chi connectivity index (χ0v) is 9.92. The number of aliphatic carboxylic acids is 2. The third-order valence-corrected chi connectivity index (χ3v) is 1.07. The van der Waals surface area contributed by atoms with Crippen LogP contribution in [0.15, 0.2) is 0 Å². The molecule has 0 radical (unpaired) electrons. The molecule has 108 valence electrons. The predicted octanol–water partition coefficient (Wildman–Crippen LogP) is -2.56. The van der Waals surface area contributed by atoms with Crippen molar-refractivity contribution in [3.05, 3.63) is 0 Å². The highest BCUT2D eigenvalue weighted by molar-refractivity contribution is 5.63. The highest BCUT2D eigenvalue weighted by Crippen LogP contribution is 1.96. The van der Waals surface area contributed by atoms with Gasteiger partial charge in [0.05, 0.1) is 6.61 Å². The molecule has 9 heteroatoms. The maximum Gasteiger partial charge on any atom is 0.300 e. The van der Waals surface area contributed by atoms with E-state index in [1.54, 1.807) is 0 Å². The predicted molar refractivity (Wildman–Crippen MR) is 57.8 cm³/mol. The highest BCUT2D eigenvalue weighted by atomic mass is 16.4. The highest BCUT2D eigenvalue weighted by Gasteiger charge is 2.22. The Morgan fingerprint density at radius 1 is 1.06 bits per heavy atom. The molecule has 18 heavy (non-hydrogen) atoms. The van der Waals surface area contributed by atoms with E-state index in [0.29, 0.717) is 0 Å². The van der Waals surface area contributed by atoms with E-state index in [-0.39, 0.29) is 6.29 Å². The van der Waals surface area contributed by atoms with Gasteiger partial charge in [-0.05, 0) is 0 Å². The summed E-state index contributed by atoms with van der Waals surface area (Å²) >= 11 is 0. The number of hydrogen-bond acceptors (Lipinski definition) is 7. The minimum absolute atomic E-state index is 0.0869. The molecule has 0 rings (SSSR count). The molecule has 0 saturated carbocycles. The number of aliphatic hydroxyl groups excluding tert-OH is 4. The van der Waals surface area contributed by atoms with Crippen molar-refractivity contribution in [1.29, 1.82) is 0 Å². The lowest BCUT2D eigenvalue weighted by molar-refractivity contribution is -0.135. The van der Waals surface area contributed by atoms with E-state index in [2.05, 4.69) is 0 Å². The fourth-order valence-electron chi connectivity index (χ4n) is 0.416. The average Bonchev–Trinajstić information content (AvgIpc) is 2.24. The summed E-state index contributed by atoms with van der Waals surface area (Å²) in [6.45, 7) is 1.48. The number of carbonyl (C=O) groups excluding carboxylic acids is 1. The van der Waals surface area contributed by atoms with E-state index in [1.807, 2.05) is 0 Å². The van der Waals surface area contributed by atoms with Gasteiger partial charge in [0.15, 0.2) is 6.29 Å². The molecule has 0 heterocycles. The van der Waals surface area contributed by atoms with E-state index < -0.39 is 36.9 Å². The Balaban J connectivity index is -0.000000233. The quantitative estimate of drug-likeness (QED) is 0.300. The molecule has 0 aromatic carbocycles. The van der Waals surface area contributed by atoms with Crippen molar-refractivity contribution in [2.45, 2.75) is 32.2 Å². The van der Waals surface area contributed by atoms with Crippen molar-refractivity contribution in [2.75, 3.05) is 6.61 Å². The Labute approximate surface area is 103 Å². The van der Waals surface area contributed by atoms with E-state index in [1.165, 1.54) is 0 Å². The Hall–Kier alpha value is -1.55. The van der Waals surface area contributed by atoms with E-state index >= 15 is 0 Å². The molecular formula is C9H18O9.